The molecular weight excluding hydrogens is 250 g/mol. The molecule has 3 nitrogen and oxygen atoms in total. The van der Waals surface area contributed by atoms with Crippen LogP contribution in [-0.4, -0.2) is 17.1 Å². The molecule has 4 rings (SSSR count). The molecule has 1 saturated heterocycles. The number of ketones is 1. The molecule has 2 aromatic carbocycles. The molecule has 1 aliphatic heterocycles. The van der Waals surface area contributed by atoms with Crippen LogP contribution in [0.3, 0.4) is 0 Å². The van der Waals surface area contributed by atoms with Gasteiger partial charge in [0.2, 0.25) is 0 Å². The van der Waals surface area contributed by atoms with E-state index in [-0.39, 0.29) is 6.23 Å². The molecule has 2 atom stereocenters. The molecule has 102 valence electrons. The van der Waals surface area contributed by atoms with E-state index in [1.165, 1.54) is 16.3 Å². The van der Waals surface area contributed by atoms with Gasteiger partial charge in [0.05, 0.1) is 13.0 Å². The van der Waals surface area contributed by atoms with Crippen molar-refractivity contribution in [2.75, 3.05) is 0 Å². The van der Waals surface area contributed by atoms with Crippen molar-refractivity contribution >= 4 is 16.6 Å². The maximum Gasteiger partial charge on any atom is 0.161 e. The van der Waals surface area contributed by atoms with Crippen molar-refractivity contribution in [2.45, 2.75) is 32.0 Å². The largest absolute Gasteiger partial charge is 0.299 e. The summed E-state index contributed by atoms with van der Waals surface area (Å²) in [4.78, 5) is 17.2. The number of hydroxylamine groups is 2. The minimum absolute atomic E-state index is 0.00886. The van der Waals surface area contributed by atoms with Gasteiger partial charge in [-0.05, 0) is 35.2 Å². The third kappa shape index (κ3) is 2.47. The van der Waals surface area contributed by atoms with Crippen LogP contribution in [-0.2, 0) is 16.2 Å². The summed E-state index contributed by atoms with van der Waals surface area (Å²) in [5.41, 5.74) is 1.23. The van der Waals surface area contributed by atoms with Crippen molar-refractivity contribution in [3.05, 3.63) is 48.0 Å². The summed E-state index contributed by atoms with van der Waals surface area (Å²) in [5.74, 6) is 0.706. The third-order valence-corrected chi connectivity index (χ3v) is 4.09. The number of carbonyl (C=O) groups is 1. The van der Waals surface area contributed by atoms with E-state index in [2.05, 4.69) is 42.5 Å². The molecule has 0 spiro atoms. The van der Waals surface area contributed by atoms with Crippen LogP contribution < -0.4 is 0 Å². The van der Waals surface area contributed by atoms with Gasteiger partial charge in [0.25, 0.3) is 0 Å². The lowest BCUT2D eigenvalue weighted by Crippen LogP contribution is -2.09. The predicted molar refractivity (Wildman–Crippen MR) is 76.7 cm³/mol. The minimum Gasteiger partial charge on any atom is -0.299 e. The topological polar surface area (TPSA) is 32.6 Å². The number of hydrogen-bond donors (Lipinski definition) is 0. The zero-order chi connectivity index (χ0) is 13.5. The number of fused-ring (bicyclic) bond motifs is 1. The summed E-state index contributed by atoms with van der Waals surface area (Å²) in [6.07, 6.45) is 2.72. The quantitative estimate of drug-likeness (QED) is 0.779. The Bertz CT molecular complexity index is 663. The van der Waals surface area contributed by atoms with E-state index in [4.69, 9.17) is 4.84 Å². The van der Waals surface area contributed by atoms with Gasteiger partial charge in [-0.25, -0.2) is 0 Å². The number of rotatable bonds is 5. The van der Waals surface area contributed by atoms with Gasteiger partial charge in [0.15, 0.2) is 6.23 Å². The highest BCUT2D eigenvalue weighted by atomic mass is 16.8. The van der Waals surface area contributed by atoms with Gasteiger partial charge in [-0.2, -0.15) is 5.06 Å². The average molecular weight is 267 g/mol. The first kappa shape index (κ1) is 12.1. The van der Waals surface area contributed by atoms with E-state index in [0.717, 1.165) is 19.4 Å². The van der Waals surface area contributed by atoms with Crippen molar-refractivity contribution in [3.63, 3.8) is 0 Å². The molecular formula is C17H17NO2. The van der Waals surface area contributed by atoms with Crippen molar-refractivity contribution in [1.29, 1.82) is 0 Å². The first-order valence-electron chi connectivity index (χ1n) is 7.23. The van der Waals surface area contributed by atoms with Crippen LogP contribution in [0.25, 0.3) is 10.8 Å². The number of hydrogen-bond acceptors (Lipinski definition) is 3. The smallest absolute Gasteiger partial charge is 0.161 e. The first-order chi connectivity index (χ1) is 9.79. The van der Waals surface area contributed by atoms with Crippen LogP contribution in [0, 0.1) is 5.92 Å². The van der Waals surface area contributed by atoms with Crippen molar-refractivity contribution in [1.82, 2.24) is 5.06 Å². The molecule has 1 saturated carbocycles. The van der Waals surface area contributed by atoms with Gasteiger partial charge < -0.3 is 0 Å². The summed E-state index contributed by atoms with van der Waals surface area (Å²) in [6.45, 7) is 0.757. The minimum atomic E-state index is 0.00886. The lowest BCUT2D eigenvalue weighted by atomic mass is 10.1. The summed E-state index contributed by atoms with van der Waals surface area (Å²) in [6, 6.07) is 14.8. The van der Waals surface area contributed by atoms with Gasteiger partial charge in [0, 0.05) is 5.92 Å². The molecule has 1 aliphatic carbocycles. The second kappa shape index (κ2) is 4.69. The van der Waals surface area contributed by atoms with Crippen molar-refractivity contribution in [2.24, 2.45) is 5.92 Å². The Morgan fingerprint density at radius 3 is 2.75 bits per heavy atom. The van der Waals surface area contributed by atoms with Crippen LogP contribution >= 0.6 is 0 Å². The number of benzene rings is 2. The maximum atomic E-state index is 11.7. The van der Waals surface area contributed by atoms with Crippen LogP contribution in [0.4, 0.5) is 0 Å². The van der Waals surface area contributed by atoms with Crippen LogP contribution in [0.2, 0.25) is 0 Å². The number of carbonyl (C=O) groups excluding carboxylic acids is 1. The SMILES string of the molecule is O=C(CC1ON1Cc1ccc2ccccc2c1)C1CC1. The van der Waals surface area contributed by atoms with E-state index < -0.39 is 0 Å². The predicted octanol–water partition coefficient (Wildman–Crippen LogP) is 3.28. The Labute approximate surface area is 118 Å². The van der Waals surface area contributed by atoms with Gasteiger partial charge >= 0.3 is 0 Å². The molecule has 0 N–H and O–H groups in total. The highest BCUT2D eigenvalue weighted by molar-refractivity contribution is 5.84. The zero-order valence-corrected chi connectivity index (χ0v) is 11.3. The lowest BCUT2D eigenvalue weighted by Gasteiger charge is -2.03. The number of nitrogens with zero attached hydrogens (tertiary/aromatic N) is 1. The molecule has 0 radical (unpaired) electrons. The average Bonchev–Trinajstić information content (AvgIpc) is 3.35. The zero-order valence-electron chi connectivity index (χ0n) is 11.3. The van der Waals surface area contributed by atoms with E-state index in [9.17, 15) is 4.79 Å². The second-order valence-electron chi connectivity index (χ2n) is 5.76. The van der Waals surface area contributed by atoms with Crippen molar-refractivity contribution in [3.8, 4) is 0 Å². The van der Waals surface area contributed by atoms with Crippen LogP contribution in [0.15, 0.2) is 42.5 Å². The van der Waals surface area contributed by atoms with E-state index in [1.807, 2.05) is 5.06 Å². The van der Waals surface area contributed by atoms with Gasteiger partial charge in [-0.15, -0.1) is 0 Å². The van der Waals surface area contributed by atoms with E-state index in [1.54, 1.807) is 0 Å². The Morgan fingerprint density at radius 1 is 1.15 bits per heavy atom. The van der Waals surface area contributed by atoms with E-state index >= 15 is 0 Å². The summed E-state index contributed by atoms with van der Waals surface area (Å²) in [7, 11) is 0. The molecule has 2 fully saturated rings. The summed E-state index contributed by atoms with van der Waals surface area (Å²) < 4.78 is 0. The lowest BCUT2D eigenvalue weighted by molar-refractivity contribution is -0.120. The van der Waals surface area contributed by atoms with Crippen LogP contribution in [0.5, 0.6) is 0 Å². The normalized spacial score (nSPS) is 24.8. The molecule has 1 heterocycles. The van der Waals surface area contributed by atoms with Gasteiger partial charge in [-0.3, -0.25) is 9.63 Å². The Hall–Kier alpha value is -1.71. The maximum absolute atomic E-state index is 11.7. The number of Topliss-reactive ketones (excluding diaryl/α,β-unsaturated/α-hetero) is 1. The fourth-order valence-electron chi connectivity index (χ4n) is 2.67. The summed E-state index contributed by atoms with van der Waals surface area (Å²) in [5, 5.41) is 4.41. The van der Waals surface area contributed by atoms with Crippen molar-refractivity contribution < 1.29 is 9.63 Å². The fraction of sp³-hybridized carbons (Fsp3) is 0.353. The first-order valence-corrected chi connectivity index (χ1v) is 7.23. The molecule has 0 aromatic heterocycles. The van der Waals surface area contributed by atoms with Crippen LogP contribution in [0.1, 0.15) is 24.8 Å². The standard InChI is InChI=1S/C17H17NO2/c19-16(14-7-8-14)10-17-18(20-17)11-12-5-6-13-3-1-2-4-15(13)9-12/h1-6,9,14,17H,7-8,10-11H2. The third-order valence-electron chi connectivity index (χ3n) is 4.09. The Balaban J connectivity index is 1.40. The van der Waals surface area contributed by atoms with Gasteiger partial charge in [-0.1, -0.05) is 36.4 Å². The fourth-order valence-corrected chi connectivity index (χ4v) is 2.67. The van der Waals surface area contributed by atoms with Gasteiger partial charge in [0.1, 0.15) is 5.78 Å². The van der Waals surface area contributed by atoms with E-state index in [0.29, 0.717) is 18.1 Å². The molecule has 20 heavy (non-hydrogen) atoms. The molecule has 2 aliphatic rings. The second-order valence-corrected chi connectivity index (χ2v) is 5.76. The highest BCUT2D eigenvalue weighted by Gasteiger charge is 2.41. The molecule has 0 bridgehead atoms. The Kier molecular flexibility index (Phi) is 2.83. The highest BCUT2D eigenvalue weighted by Crippen LogP contribution is 2.35. The monoisotopic (exact) mass is 267 g/mol. The molecule has 2 aromatic rings. The molecule has 0 amide bonds. The molecule has 2 unspecified atom stereocenters. The Morgan fingerprint density at radius 2 is 1.95 bits per heavy atom. The summed E-state index contributed by atoms with van der Waals surface area (Å²) >= 11 is 0. The molecule has 3 heteroatoms.